The van der Waals surface area contributed by atoms with Crippen molar-refractivity contribution in [1.82, 2.24) is 4.98 Å². The standard InChI is InChI=1S/C13H15FN2S/c1-9-8-12(15-6-7-17-2)10-4-3-5-11(14)13(10)16-9/h3-5,8H,6-7H2,1-2H3,(H,15,16). The van der Waals surface area contributed by atoms with Gasteiger partial charge in [0, 0.05) is 29.1 Å². The highest BCUT2D eigenvalue weighted by Crippen LogP contribution is 2.24. The molecular weight excluding hydrogens is 235 g/mol. The number of nitrogens with one attached hydrogen (secondary N) is 1. The number of fused-ring (bicyclic) bond motifs is 1. The van der Waals surface area contributed by atoms with Crippen molar-refractivity contribution in [3.8, 4) is 0 Å². The fourth-order valence-corrected chi connectivity index (χ4v) is 2.08. The van der Waals surface area contributed by atoms with Gasteiger partial charge in [-0.3, -0.25) is 0 Å². The van der Waals surface area contributed by atoms with E-state index in [2.05, 4.69) is 16.6 Å². The molecule has 1 aromatic heterocycles. The highest BCUT2D eigenvalue weighted by molar-refractivity contribution is 7.98. The number of anilines is 1. The molecular formula is C13H15FN2S. The Morgan fingerprint density at radius 3 is 3.00 bits per heavy atom. The molecule has 4 heteroatoms. The van der Waals surface area contributed by atoms with Crippen LogP contribution in [0.5, 0.6) is 0 Å². The van der Waals surface area contributed by atoms with Gasteiger partial charge in [-0.2, -0.15) is 11.8 Å². The normalized spacial score (nSPS) is 10.8. The highest BCUT2D eigenvalue weighted by atomic mass is 32.2. The summed E-state index contributed by atoms with van der Waals surface area (Å²) in [5.41, 5.74) is 2.23. The smallest absolute Gasteiger partial charge is 0.149 e. The summed E-state index contributed by atoms with van der Waals surface area (Å²) in [5.74, 6) is 0.761. The van der Waals surface area contributed by atoms with Crippen molar-refractivity contribution in [1.29, 1.82) is 0 Å². The van der Waals surface area contributed by atoms with E-state index < -0.39 is 0 Å². The number of benzene rings is 1. The molecule has 0 unspecified atom stereocenters. The van der Waals surface area contributed by atoms with E-state index in [1.165, 1.54) is 6.07 Å². The van der Waals surface area contributed by atoms with Gasteiger partial charge in [-0.15, -0.1) is 0 Å². The first-order valence-electron chi connectivity index (χ1n) is 5.51. The predicted molar refractivity (Wildman–Crippen MR) is 73.3 cm³/mol. The second-order valence-electron chi connectivity index (χ2n) is 3.87. The van der Waals surface area contributed by atoms with Crippen LogP contribution in [-0.4, -0.2) is 23.5 Å². The number of hydrogen-bond donors (Lipinski definition) is 1. The molecule has 0 saturated heterocycles. The average molecular weight is 250 g/mol. The molecule has 2 nitrogen and oxygen atoms in total. The lowest BCUT2D eigenvalue weighted by molar-refractivity contribution is 0.636. The zero-order chi connectivity index (χ0) is 12.3. The van der Waals surface area contributed by atoms with Gasteiger partial charge in [-0.25, -0.2) is 9.37 Å². The van der Waals surface area contributed by atoms with Crippen LogP contribution in [0.3, 0.4) is 0 Å². The molecule has 0 aliphatic rings. The Labute approximate surface area is 105 Å². The summed E-state index contributed by atoms with van der Waals surface area (Å²) in [4.78, 5) is 4.24. The summed E-state index contributed by atoms with van der Waals surface area (Å²) in [6.45, 7) is 2.75. The van der Waals surface area contributed by atoms with Gasteiger partial charge in [0.15, 0.2) is 0 Å². The van der Waals surface area contributed by atoms with E-state index in [1.807, 2.05) is 19.1 Å². The quantitative estimate of drug-likeness (QED) is 0.841. The summed E-state index contributed by atoms with van der Waals surface area (Å²) in [5, 5.41) is 4.17. The number of hydrogen-bond acceptors (Lipinski definition) is 3. The van der Waals surface area contributed by atoms with Crippen LogP contribution < -0.4 is 5.32 Å². The average Bonchev–Trinajstić information content (AvgIpc) is 2.31. The first kappa shape index (κ1) is 12.2. The zero-order valence-electron chi connectivity index (χ0n) is 9.96. The molecule has 2 aromatic rings. The molecule has 0 aliphatic carbocycles. The molecule has 90 valence electrons. The highest BCUT2D eigenvalue weighted by Gasteiger charge is 2.07. The van der Waals surface area contributed by atoms with E-state index in [0.29, 0.717) is 5.52 Å². The molecule has 0 saturated carbocycles. The number of nitrogens with zero attached hydrogens (tertiary/aromatic N) is 1. The predicted octanol–water partition coefficient (Wildman–Crippen LogP) is 3.46. The Morgan fingerprint density at radius 2 is 2.24 bits per heavy atom. The van der Waals surface area contributed by atoms with E-state index in [9.17, 15) is 4.39 Å². The summed E-state index contributed by atoms with van der Waals surface area (Å²) < 4.78 is 13.6. The van der Waals surface area contributed by atoms with Crippen LogP contribution in [0.2, 0.25) is 0 Å². The first-order valence-corrected chi connectivity index (χ1v) is 6.90. The maximum Gasteiger partial charge on any atom is 0.149 e. The molecule has 0 radical (unpaired) electrons. The van der Waals surface area contributed by atoms with Gasteiger partial charge in [0.2, 0.25) is 0 Å². The van der Waals surface area contributed by atoms with Crippen molar-refractivity contribution in [3.05, 3.63) is 35.8 Å². The monoisotopic (exact) mass is 250 g/mol. The number of rotatable bonds is 4. The van der Waals surface area contributed by atoms with Gasteiger partial charge in [-0.1, -0.05) is 12.1 Å². The molecule has 0 aliphatic heterocycles. The largest absolute Gasteiger partial charge is 0.384 e. The number of aromatic nitrogens is 1. The van der Waals surface area contributed by atoms with Crippen LogP contribution in [0.25, 0.3) is 10.9 Å². The second-order valence-corrected chi connectivity index (χ2v) is 4.85. The summed E-state index contributed by atoms with van der Waals surface area (Å²) in [7, 11) is 0. The fraction of sp³-hybridized carbons (Fsp3) is 0.308. The molecule has 0 atom stereocenters. The lowest BCUT2D eigenvalue weighted by atomic mass is 10.1. The van der Waals surface area contributed by atoms with E-state index in [4.69, 9.17) is 0 Å². The maximum absolute atomic E-state index is 13.6. The molecule has 1 aromatic carbocycles. The van der Waals surface area contributed by atoms with Crippen molar-refractivity contribution in [2.45, 2.75) is 6.92 Å². The minimum absolute atomic E-state index is 0.265. The van der Waals surface area contributed by atoms with Gasteiger partial charge in [0.1, 0.15) is 11.3 Å². The Hall–Kier alpha value is -1.29. The van der Waals surface area contributed by atoms with E-state index in [0.717, 1.165) is 29.1 Å². The van der Waals surface area contributed by atoms with Crippen LogP contribution in [0.1, 0.15) is 5.69 Å². The number of para-hydroxylation sites is 1. The maximum atomic E-state index is 13.6. The van der Waals surface area contributed by atoms with Crippen LogP contribution >= 0.6 is 11.8 Å². The van der Waals surface area contributed by atoms with E-state index in [-0.39, 0.29) is 5.82 Å². The topological polar surface area (TPSA) is 24.9 Å². The minimum Gasteiger partial charge on any atom is -0.384 e. The molecule has 1 heterocycles. The third-order valence-electron chi connectivity index (χ3n) is 2.54. The summed E-state index contributed by atoms with van der Waals surface area (Å²) in [6.07, 6.45) is 2.07. The molecule has 2 rings (SSSR count). The van der Waals surface area contributed by atoms with Crippen LogP contribution in [0.15, 0.2) is 24.3 Å². The minimum atomic E-state index is -0.265. The van der Waals surface area contributed by atoms with Gasteiger partial charge in [-0.05, 0) is 25.3 Å². The molecule has 0 fully saturated rings. The molecule has 0 spiro atoms. The van der Waals surface area contributed by atoms with Crippen LogP contribution in [0, 0.1) is 12.7 Å². The Kier molecular flexibility index (Phi) is 3.84. The lowest BCUT2D eigenvalue weighted by Crippen LogP contribution is -2.05. The van der Waals surface area contributed by atoms with Gasteiger partial charge >= 0.3 is 0 Å². The van der Waals surface area contributed by atoms with Crippen molar-refractivity contribution < 1.29 is 4.39 Å². The Balaban J connectivity index is 2.43. The number of pyridine rings is 1. The van der Waals surface area contributed by atoms with Gasteiger partial charge < -0.3 is 5.32 Å². The van der Waals surface area contributed by atoms with Gasteiger partial charge in [0.05, 0.1) is 0 Å². The van der Waals surface area contributed by atoms with E-state index in [1.54, 1.807) is 17.8 Å². The molecule has 0 bridgehead atoms. The Morgan fingerprint density at radius 1 is 1.41 bits per heavy atom. The number of halogens is 1. The zero-order valence-corrected chi connectivity index (χ0v) is 10.8. The third kappa shape index (κ3) is 2.69. The molecule has 0 amide bonds. The van der Waals surface area contributed by atoms with Crippen molar-refractivity contribution >= 4 is 28.4 Å². The van der Waals surface area contributed by atoms with Crippen LogP contribution in [-0.2, 0) is 0 Å². The first-order chi connectivity index (χ1) is 8.22. The lowest BCUT2D eigenvalue weighted by Gasteiger charge is -2.10. The summed E-state index contributed by atoms with van der Waals surface area (Å²) >= 11 is 1.78. The summed E-state index contributed by atoms with van der Waals surface area (Å²) in [6, 6.07) is 7.02. The van der Waals surface area contributed by atoms with Gasteiger partial charge in [0.25, 0.3) is 0 Å². The fourth-order valence-electron chi connectivity index (χ4n) is 1.78. The number of thioether (sulfide) groups is 1. The third-order valence-corrected chi connectivity index (χ3v) is 3.15. The molecule has 1 N–H and O–H groups in total. The van der Waals surface area contributed by atoms with Crippen LogP contribution in [0.4, 0.5) is 10.1 Å². The second kappa shape index (κ2) is 5.36. The SMILES string of the molecule is CSCCNc1cc(C)nc2c(F)cccc12. The Bertz CT molecular complexity index is 528. The van der Waals surface area contributed by atoms with E-state index >= 15 is 0 Å². The van der Waals surface area contributed by atoms with Crippen molar-refractivity contribution in [3.63, 3.8) is 0 Å². The molecule has 17 heavy (non-hydrogen) atoms. The number of aryl methyl sites for hydroxylation is 1. The van der Waals surface area contributed by atoms with Crippen molar-refractivity contribution in [2.75, 3.05) is 23.9 Å². The van der Waals surface area contributed by atoms with Crippen molar-refractivity contribution in [2.24, 2.45) is 0 Å².